The molecular weight excluding hydrogens is 250 g/mol. The second kappa shape index (κ2) is 6.75. The van der Waals surface area contributed by atoms with E-state index in [0.717, 1.165) is 18.7 Å². The van der Waals surface area contributed by atoms with Crippen molar-refractivity contribution in [3.63, 3.8) is 0 Å². The predicted octanol–water partition coefficient (Wildman–Crippen LogP) is 2.20. The van der Waals surface area contributed by atoms with Crippen molar-refractivity contribution < 1.29 is 4.79 Å². The average Bonchev–Trinajstić information content (AvgIpc) is 2.91. The molecule has 0 aromatic heterocycles. The van der Waals surface area contributed by atoms with E-state index in [2.05, 4.69) is 34.5 Å². The molecule has 1 saturated heterocycles. The lowest BCUT2D eigenvalue weighted by atomic mass is 10.1. The maximum Gasteiger partial charge on any atom is 0.222 e. The van der Waals surface area contributed by atoms with Crippen molar-refractivity contribution in [2.45, 2.75) is 45.2 Å². The van der Waals surface area contributed by atoms with Crippen LogP contribution in [0.4, 0.5) is 5.69 Å². The van der Waals surface area contributed by atoms with Crippen LogP contribution in [0, 0.1) is 0 Å². The molecule has 110 valence electrons. The molecule has 1 aliphatic rings. The number of nitrogens with two attached hydrogens (primary N) is 1. The summed E-state index contributed by atoms with van der Waals surface area (Å²) in [6, 6.07) is 8.38. The Hall–Kier alpha value is -1.55. The molecule has 0 saturated carbocycles. The van der Waals surface area contributed by atoms with Crippen LogP contribution in [0.5, 0.6) is 0 Å². The zero-order valence-corrected chi connectivity index (χ0v) is 12.4. The van der Waals surface area contributed by atoms with Crippen LogP contribution in [0.2, 0.25) is 0 Å². The first-order valence-corrected chi connectivity index (χ1v) is 7.46. The lowest BCUT2D eigenvalue weighted by molar-refractivity contribution is -0.122. The Morgan fingerprint density at radius 1 is 1.35 bits per heavy atom. The fourth-order valence-corrected chi connectivity index (χ4v) is 2.64. The molecule has 20 heavy (non-hydrogen) atoms. The number of anilines is 1. The molecular formula is C16H25N3O. The number of hydrogen-bond donors (Lipinski definition) is 2. The van der Waals surface area contributed by atoms with Gasteiger partial charge in [-0.25, -0.2) is 0 Å². The summed E-state index contributed by atoms with van der Waals surface area (Å²) in [5.74, 6) is 0.0130. The van der Waals surface area contributed by atoms with Crippen LogP contribution in [0.3, 0.4) is 0 Å². The molecule has 1 fully saturated rings. The first-order chi connectivity index (χ1) is 9.56. The summed E-state index contributed by atoms with van der Waals surface area (Å²) < 4.78 is 0. The number of nitrogens with zero attached hydrogens (tertiary/aromatic N) is 1. The van der Waals surface area contributed by atoms with Gasteiger partial charge in [0.15, 0.2) is 0 Å². The number of amides is 1. The van der Waals surface area contributed by atoms with Crippen molar-refractivity contribution in [2.75, 3.05) is 18.0 Å². The maximum absolute atomic E-state index is 11.8. The lowest BCUT2D eigenvalue weighted by Crippen LogP contribution is -2.31. The second-order valence-electron chi connectivity index (χ2n) is 5.76. The SMILES string of the molecule is CC(N)CC(=O)NC(C)c1cccc(N2CCCC2)c1. The highest BCUT2D eigenvalue weighted by atomic mass is 16.1. The normalized spacial score (nSPS) is 17.9. The van der Waals surface area contributed by atoms with Crippen LogP contribution in [-0.2, 0) is 4.79 Å². The molecule has 4 nitrogen and oxygen atoms in total. The zero-order valence-electron chi connectivity index (χ0n) is 12.4. The van der Waals surface area contributed by atoms with Crippen molar-refractivity contribution in [2.24, 2.45) is 5.73 Å². The summed E-state index contributed by atoms with van der Waals surface area (Å²) in [5.41, 5.74) is 8.05. The number of rotatable bonds is 5. The first kappa shape index (κ1) is 14.9. The summed E-state index contributed by atoms with van der Waals surface area (Å²) in [6.07, 6.45) is 2.91. The van der Waals surface area contributed by atoms with Crippen LogP contribution in [-0.4, -0.2) is 25.0 Å². The molecule has 1 aromatic carbocycles. The van der Waals surface area contributed by atoms with E-state index in [-0.39, 0.29) is 18.0 Å². The molecule has 0 aliphatic carbocycles. The van der Waals surface area contributed by atoms with Crippen molar-refractivity contribution in [3.8, 4) is 0 Å². The molecule has 0 spiro atoms. The highest BCUT2D eigenvalue weighted by Crippen LogP contribution is 2.23. The van der Waals surface area contributed by atoms with Gasteiger partial charge >= 0.3 is 0 Å². The van der Waals surface area contributed by atoms with Gasteiger partial charge < -0.3 is 16.0 Å². The van der Waals surface area contributed by atoms with Gasteiger partial charge in [-0.15, -0.1) is 0 Å². The van der Waals surface area contributed by atoms with E-state index in [9.17, 15) is 4.79 Å². The fourth-order valence-electron chi connectivity index (χ4n) is 2.64. The van der Waals surface area contributed by atoms with Crippen LogP contribution in [0.25, 0.3) is 0 Å². The Morgan fingerprint density at radius 3 is 2.70 bits per heavy atom. The molecule has 2 rings (SSSR count). The Kier molecular flexibility index (Phi) is 5.01. The van der Waals surface area contributed by atoms with Crippen LogP contribution in [0.1, 0.15) is 44.7 Å². The van der Waals surface area contributed by atoms with Crippen LogP contribution in [0.15, 0.2) is 24.3 Å². The van der Waals surface area contributed by atoms with Gasteiger partial charge in [0.2, 0.25) is 5.91 Å². The molecule has 3 N–H and O–H groups in total. The fraction of sp³-hybridized carbons (Fsp3) is 0.562. The van der Waals surface area contributed by atoms with E-state index in [0.29, 0.717) is 6.42 Å². The van der Waals surface area contributed by atoms with Gasteiger partial charge in [0.25, 0.3) is 0 Å². The number of carbonyl (C=O) groups is 1. The molecule has 4 heteroatoms. The van der Waals surface area contributed by atoms with Crippen LogP contribution < -0.4 is 16.0 Å². The lowest BCUT2D eigenvalue weighted by Gasteiger charge is -2.21. The van der Waals surface area contributed by atoms with Gasteiger partial charge in [0.05, 0.1) is 6.04 Å². The molecule has 2 unspecified atom stereocenters. The Morgan fingerprint density at radius 2 is 2.05 bits per heavy atom. The minimum atomic E-state index is -0.0989. The van der Waals surface area contributed by atoms with Crippen molar-refractivity contribution in [1.82, 2.24) is 5.32 Å². The monoisotopic (exact) mass is 275 g/mol. The maximum atomic E-state index is 11.8. The van der Waals surface area contributed by atoms with Crippen LogP contribution >= 0.6 is 0 Å². The smallest absolute Gasteiger partial charge is 0.222 e. The molecule has 2 atom stereocenters. The van der Waals surface area contributed by atoms with Gasteiger partial charge in [-0.05, 0) is 44.4 Å². The Balaban J connectivity index is 2.00. The zero-order chi connectivity index (χ0) is 14.5. The molecule has 1 heterocycles. The number of benzene rings is 1. The summed E-state index contributed by atoms with van der Waals surface area (Å²) in [5, 5.41) is 3.01. The Bertz CT molecular complexity index is 453. The third-order valence-corrected chi connectivity index (χ3v) is 3.73. The summed E-state index contributed by atoms with van der Waals surface area (Å²) in [4.78, 5) is 14.2. The minimum absolute atomic E-state index is 0.0130. The molecule has 1 amide bonds. The number of carbonyl (C=O) groups excluding carboxylic acids is 1. The summed E-state index contributed by atoms with van der Waals surface area (Å²) >= 11 is 0. The van der Waals surface area contributed by atoms with Gasteiger partial charge in [0.1, 0.15) is 0 Å². The van der Waals surface area contributed by atoms with Crippen molar-refractivity contribution in [1.29, 1.82) is 0 Å². The van der Waals surface area contributed by atoms with E-state index in [1.54, 1.807) is 0 Å². The third-order valence-electron chi connectivity index (χ3n) is 3.73. The van der Waals surface area contributed by atoms with Gasteiger partial charge in [-0.2, -0.15) is 0 Å². The van der Waals surface area contributed by atoms with E-state index in [1.165, 1.54) is 18.5 Å². The van der Waals surface area contributed by atoms with E-state index < -0.39 is 0 Å². The molecule has 1 aliphatic heterocycles. The Labute approximate surface area is 121 Å². The third kappa shape index (κ3) is 3.97. The van der Waals surface area contributed by atoms with E-state index >= 15 is 0 Å². The molecule has 1 aromatic rings. The largest absolute Gasteiger partial charge is 0.372 e. The van der Waals surface area contributed by atoms with E-state index in [4.69, 9.17) is 5.73 Å². The molecule has 0 bridgehead atoms. The van der Waals surface area contributed by atoms with Gasteiger partial charge in [-0.1, -0.05) is 12.1 Å². The summed E-state index contributed by atoms with van der Waals surface area (Å²) in [7, 11) is 0. The average molecular weight is 275 g/mol. The van der Waals surface area contributed by atoms with E-state index in [1.807, 2.05) is 13.8 Å². The predicted molar refractivity (Wildman–Crippen MR) is 82.7 cm³/mol. The first-order valence-electron chi connectivity index (χ1n) is 7.46. The second-order valence-corrected chi connectivity index (χ2v) is 5.76. The van der Waals surface area contributed by atoms with Gasteiger partial charge in [-0.3, -0.25) is 4.79 Å². The number of nitrogens with one attached hydrogen (secondary N) is 1. The highest BCUT2D eigenvalue weighted by molar-refractivity contribution is 5.77. The standard InChI is InChI=1S/C16H25N3O/c1-12(17)10-16(20)18-13(2)14-6-5-7-15(11-14)19-8-3-4-9-19/h5-7,11-13H,3-4,8-10,17H2,1-2H3,(H,18,20). The number of hydrogen-bond acceptors (Lipinski definition) is 3. The van der Waals surface area contributed by atoms with Gasteiger partial charge in [0, 0.05) is 31.2 Å². The highest BCUT2D eigenvalue weighted by Gasteiger charge is 2.15. The molecule has 0 radical (unpaired) electrons. The quantitative estimate of drug-likeness (QED) is 0.866. The minimum Gasteiger partial charge on any atom is -0.372 e. The van der Waals surface area contributed by atoms with Crippen molar-refractivity contribution in [3.05, 3.63) is 29.8 Å². The summed E-state index contributed by atoms with van der Waals surface area (Å²) in [6.45, 7) is 6.13. The van der Waals surface area contributed by atoms with Crippen molar-refractivity contribution >= 4 is 11.6 Å². The topological polar surface area (TPSA) is 58.4 Å².